The van der Waals surface area contributed by atoms with E-state index in [2.05, 4.69) is 15.5 Å². The van der Waals surface area contributed by atoms with Crippen LogP contribution in [0.3, 0.4) is 0 Å². The summed E-state index contributed by atoms with van der Waals surface area (Å²) in [4.78, 5) is 4.44. The van der Waals surface area contributed by atoms with Crippen LogP contribution < -0.4 is 5.32 Å². The zero-order valence-electron chi connectivity index (χ0n) is 11.6. The van der Waals surface area contributed by atoms with Crippen molar-refractivity contribution in [1.29, 1.82) is 0 Å². The molecule has 0 saturated heterocycles. The van der Waals surface area contributed by atoms with Crippen molar-refractivity contribution in [2.24, 2.45) is 0 Å². The predicted octanol–water partition coefficient (Wildman–Crippen LogP) is 2.45. The molecule has 1 aromatic carbocycles. The lowest BCUT2D eigenvalue weighted by molar-refractivity contribution is 0.0833. The highest BCUT2D eigenvalue weighted by Gasteiger charge is 2.23. The Bertz CT molecular complexity index is 537. The second-order valence-corrected chi connectivity index (χ2v) is 4.95. The summed E-state index contributed by atoms with van der Waals surface area (Å²) in [5.74, 6) is 1.21. The molecule has 0 radical (unpaired) electrons. The van der Waals surface area contributed by atoms with Crippen molar-refractivity contribution < 1.29 is 9.26 Å². The third-order valence-electron chi connectivity index (χ3n) is 3.27. The molecule has 1 N–H and O–H groups in total. The highest BCUT2D eigenvalue weighted by Crippen LogP contribution is 2.24. The smallest absolute Gasteiger partial charge is 0.240 e. The third kappa shape index (κ3) is 3.23. The zero-order chi connectivity index (χ0) is 13.8. The maximum absolute atomic E-state index is 5.76. The molecule has 0 spiro atoms. The Kier molecular flexibility index (Phi) is 4.08. The summed E-state index contributed by atoms with van der Waals surface area (Å²) in [6.07, 6.45) is 2.22. The Morgan fingerprint density at radius 3 is 2.85 bits per heavy atom. The van der Waals surface area contributed by atoms with Gasteiger partial charge in [0.05, 0.1) is 6.54 Å². The van der Waals surface area contributed by atoms with Crippen LogP contribution in [0.4, 0.5) is 0 Å². The molecular weight excluding hydrogens is 254 g/mol. The highest BCUT2D eigenvalue weighted by molar-refractivity contribution is 5.22. The number of rotatable bonds is 7. The van der Waals surface area contributed by atoms with Crippen LogP contribution in [0.5, 0.6) is 0 Å². The Morgan fingerprint density at radius 1 is 1.35 bits per heavy atom. The average molecular weight is 273 g/mol. The van der Waals surface area contributed by atoms with Gasteiger partial charge in [-0.2, -0.15) is 4.98 Å². The summed E-state index contributed by atoms with van der Waals surface area (Å²) in [5.41, 5.74) is 1.04. The molecule has 1 atom stereocenters. The molecule has 1 aliphatic rings. The van der Waals surface area contributed by atoms with Crippen LogP contribution in [0.15, 0.2) is 34.9 Å². The van der Waals surface area contributed by atoms with E-state index in [0.717, 1.165) is 5.56 Å². The molecule has 0 amide bonds. The topological polar surface area (TPSA) is 60.2 Å². The van der Waals surface area contributed by atoms with E-state index in [1.54, 1.807) is 0 Å². The summed E-state index contributed by atoms with van der Waals surface area (Å²) in [5, 5.41) is 7.42. The monoisotopic (exact) mass is 273 g/mol. The molecule has 106 valence electrons. The lowest BCUT2D eigenvalue weighted by atomic mass is 10.1. The minimum atomic E-state index is -0.264. The first-order chi connectivity index (χ1) is 9.86. The van der Waals surface area contributed by atoms with Gasteiger partial charge in [0.2, 0.25) is 11.7 Å². The van der Waals surface area contributed by atoms with Gasteiger partial charge >= 0.3 is 0 Å². The van der Waals surface area contributed by atoms with Gasteiger partial charge in [-0.25, -0.2) is 0 Å². The number of benzene rings is 1. The van der Waals surface area contributed by atoms with Crippen molar-refractivity contribution in [1.82, 2.24) is 15.5 Å². The average Bonchev–Trinajstić information content (AvgIpc) is 3.21. The Labute approximate surface area is 118 Å². The molecule has 0 bridgehead atoms. The third-order valence-corrected chi connectivity index (χ3v) is 3.27. The van der Waals surface area contributed by atoms with Gasteiger partial charge in [0, 0.05) is 12.6 Å². The maximum atomic E-state index is 5.76. The number of hydrogen-bond donors (Lipinski definition) is 1. The number of ether oxygens (including phenoxy) is 1. The minimum absolute atomic E-state index is 0.264. The standard InChI is InChI=1S/C15H19N3O2/c1-2-19-14(11-6-4-3-5-7-11)15-17-13(20-18-15)10-16-12-8-9-12/h3-7,12,14,16H,2,8-10H2,1H3. The van der Waals surface area contributed by atoms with Gasteiger partial charge in [-0.1, -0.05) is 35.5 Å². The Balaban J connectivity index is 1.73. The van der Waals surface area contributed by atoms with Crippen molar-refractivity contribution in [3.8, 4) is 0 Å². The molecule has 0 aliphatic heterocycles. The van der Waals surface area contributed by atoms with Crippen molar-refractivity contribution in [3.63, 3.8) is 0 Å². The fraction of sp³-hybridized carbons (Fsp3) is 0.467. The molecule has 1 heterocycles. The number of nitrogens with one attached hydrogen (secondary N) is 1. The minimum Gasteiger partial charge on any atom is -0.366 e. The summed E-state index contributed by atoms with van der Waals surface area (Å²) < 4.78 is 11.0. The van der Waals surface area contributed by atoms with E-state index in [1.165, 1.54) is 12.8 Å². The molecule has 5 heteroatoms. The summed E-state index contributed by atoms with van der Waals surface area (Å²) in [6.45, 7) is 3.20. The van der Waals surface area contributed by atoms with Crippen LogP contribution in [0, 0.1) is 0 Å². The first-order valence-electron chi connectivity index (χ1n) is 7.09. The molecule has 1 fully saturated rings. The van der Waals surface area contributed by atoms with Crippen LogP contribution in [-0.2, 0) is 11.3 Å². The van der Waals surface area contributed by atoms with Gasteiger partial charge in [-0.3, -0.25) is 0 Å². The fourth-order valence-corrected chi connectivity index (χ4v) is 2.08. The van der Waals surface area contributed by atoms with Crippen molar-refractivity contribution in [2.45, 2.75) is 38.5 Å². The Hall–Kier alpha value is -1.72. The van der Waals surface area contributed by atoms with Gasteiger partial charge in [0.1, 0.15) is 6.10 Å². The van der Waals surface area contributed by atoms with E-state index in [9.17, 15) is 0 Å². The van der Waals surface area contributed by atoms with Gasteiger partial charge in [-0.05, 0) is 25.3 Å². The first-order valence-corrected chi connectivity index (χ1v) is 7.09. The largest absolute Gasteiger partial charge is 0.366 e. The van der Waals surface area contributed by atoms with E-state index < -0.39 is 0 Å². The van der Waals surface area contributed by atoms with Crippen molar-refractivity contribution in [2.75, 3.05) is 6.61 Å². The summed E-state index contributed by atoms with van der Waals surface area (Å²) >= 11 is 0. The van der Waals surface area contributed by atoms with Gasteiger partial charge < -0.3 is 14.6 Å². The molecule has 2 aromatic rings. The summed E-state index contributed by atoms with van der Waals surface area (Å²) in [6, 6.07) is 10.6. The molecule has 20 heavy (non-hydrogen) atoms. The molecular formula is C15H19N3O2. The van der Waals surface area contributed by atoms with Crippen molar-refractivity contribution in [3.05, 3.63) is 47.6 Å². The number of aromatic nitrogens is 2. The molecule has 1 aliphatic carbocycles. The molecule has 1 saturated carbocycles. The lowest BCUT2D eigenvalue weighted by Gasteiger charge is -2.13. The summed E-state index contributed by atoms with van der Waals surface area (Å²) in [7, 11) is 0. The van der Waals surface area contributed by atoms with E-state index in [1.807, 2.05) is 37.3 Å². The van der Waals surface area contributed by atoms with E-state index >= 15 is 0 Å². The van der Waals surface area contributed by atoms with Gasteiger partial charge in [-0.15, -0.1) is 0 Å². The van der Waals surface area contributed by atoms with Crippen LogP contribution in [-0.4, -0.2) is 22.8 Å². The van der Waals surface area contributed by atoms with Crippen molar-refractivity contribution >= 4 is 0 Å². The maximum Gasteiger partial charge on any atom is 0.240 e. The van der Waals surface area contributed by atoms with Crippen LogP contribution >= 0.6 is 0 Å². The van der Waals surface area contributed by atoms with E-state index in [4.69, 9.17) is 9.26 Å². The normalized spacial score (nSPS) is 16.2. The zero-order valence-corrected chi connectivity index (χ0v) is 11.6. The molecule has 1 unspecified atom stereocenters. The lowest BCUT2D eigenvalue weighted by Crippen LogP contribution is -2.15. The second-order valence-electron chi connectivity index (χ2n) is 4.95. The van der Waals surface area contributed by atoms with Gasteiger partial charge in [0.25, 0.3) is 0 Å². The van der Waals surface area contributed by atoms with Crippen LogP contribution in [0.25, 0.3) is 0 Å². The van der Waals surface area contributed by atoms with E-state index in [-0.39, 0.29) is 6.10 Å². The Morgan fingerprint density at radius 2 is 2.15 bits per heavy atom. The van der Waals surface area contributed by atoms with Gasteiger partial charge in [0.15, 0.2) is 0 Å². The fourth-order valence-electron chi connectivity index (χ4n) is 2.08. The predicted molar refractivity (Wildman–Crippen MR) is 74.1 cm³/mol. The SMILES string of the molecule is CCOC(c1ccccc1)c1noc(CNC2CC2)n1. The molecule has 3 rings (SSSR count). The highest BCUT2D eigenvalue weighted by atomic mass is 16.5. The number of hydrogen-bond acceptors (Lipinski definition) is 5. The first kappa shape index (κ1) is 13.3. The molecule has 1 aromatic heterocycles. The number of nitrogens with zero attached hydrogens (tertiary/aromatic N) is 2. The van der Waals surface area contributed by atoms with E-state index in [0.29, 0.717) is 30.9 Å². The van der Waals surface area contributed by atoms with Crippen LogP contribution in [0.1, 0.15) is 43.1 Å². The quantitative estimate of drug-likeness (QED) is 0.839. The van der Waals surface area contributed by atoms with Crippen LogP contribution in [0.2, 0.25) is 0 Å². The second kappa shape index (κ2) is 6.15. The molecule has 5 nitrogen and oxygen atoms in total.